The molecule has 2 heteroatoms. The van der Waals surface area contributed by atoms with Crippen molar-refractivity contribution in [1.29, 1.82) is 0 Å². The molecule has 0 spiro atoms. The van der Waals surface area contributed by atoms with Gasteiger partial charge >= 0.3 is 0 Å². The average Bonchev–Trinajstić information content (AvgIpc) is 2.48. The van der Waals surface area contributed by atoms with Crippen LogP contribution in [-0.4, -0.2) is 18.6 Å². The zero-order chi connectivity index (χ0) is 5.98. The minimum Gasteiger partial charge on any atom is -0.330 e. The lowest BCUT2D eigenvalue weighted by molar-refractivity contribution is 0.768. The maximum Gasteiger partial charge on any atom is -0.00387 e. The molecule has 0 aromatic heterocycles. The predicted molar refractivity (Wildman–Crippen MR) is 39.0 cm³/mol. The summed E-state index contributed by atoms with van der Waals surface area (Å²) in [5, 5.41) is 0. The van der Waals surface area contributed by atoms with Crippen molar-refractivity contribution in [3.8, 4) is 0 Å². The Morgan fingerprint density at radius 2 is 2.38 bits per heavy atom. The van der Waals surface area contributed by atoms with Crippen LogP contribution >= 0.6 is 11.8 Å². The summed E-state index contributed by atoms with van der Waals surface area (Å²) in [4.78, 5) is 0. The van der Waals surface area contributed by atoms with Crippen molar-refractivity contribution >= 4 is 11.8 Å². The quantitative estimate of drug-likeness (QED) is 0.617. The Bertz CT molecular complexity index is 74.9. The molecule has 1 fully saturated rings. The second-order valence-electron chi connectivity index (χ2n) is 2.45. The van der Waals surface area contributed by atoms with Crippen LogP contribution in [0, 0.1) is 11.8 Å². The molecule has 0 saturated heterocycles. The van der Waals surface area contributed by atoms with Gasteiger partial charge in [0.1, 0.15) is 0 Å². The van der Waals surface area contributed by atoms with Gasteiger partial charge in [-0.3, -0.25) is 0 Å². The fourth-order valence-corrected chi connectivity index (χ4v) is 1.85. The van der Waals surface area contributed by atoms with Crippen LogP contribution in [-0.2, 0) is 0 Å². The zero-order valence-electron chi connectivity index (χ0n) is 5.26. The number of nitrogens with two attached hydrogens (primary N) is 1. The summed E-state index contributed by atoms with van der Waals surface area (Å²) in [7, 11) is 0. The molecule has 1 rings (SSSR count). The average molecular weight is 131 g/mol. The van der Waals surface area contributed by atoms with Gasteiger partial charge in [-0.2, -0.15) is 11.8 Å². The maximum absolute atomic E-state index is 5.45. The van der Waals surface area contributed by atoms with E-state index in [9.17, 15) is 0 Å². The molecule has 1 nitrogen and oxygen atoms in total. The van der Waals surface area contributed by atoms with E-state index in [0.29, 0.717) is 0 Å². The monoisotopic (exact) mass is 131 g/mol. The van der Waals surface area contributed by atoms with Crippen LogP contribution in [0.4, 0.5) is 0 Å². The molecular formula is C6H13NS. The molecule has 1 saturated carbocycles. The lowest BCUT2D eigenvalue weighted by atomic mass is 10.3. The predicted octanol–water partition coefficient (Wildman–Crippen LogP) is 0.944. The summed E-state index contributed by atoms with van der Waals surface area (Å²) >= 11 is 1.94. The van der Waals surface area contributed by atoms with Crippen LogP contribution in [0.5, 0.6) is 0 Å². The van der Waals surface area contributed by atoms with Crippen LogP contribution in [0.3, 0.4) is 0 Å². The Hall–Kier alpha value is 0.310. The molecule has 2 N–H and O–H groups in total. The van der Waals surface area contributed by atoms with Crippen molar-refractivity contribution in [1.82, 2.24) is 0 Å². The Morgan fingerprint density at radius 3 is 2.75 bits per heavy atom. The Balaban J connectivity index is 1.99. The lowest BCUT2D eigenvalue weighted by Gasteiger charge is -1.90. The third-order valence-corrected chi connectivity index (χ3v) is 2.51. The first-order chi connectivity index (χ1) is 3.88. The SMILES string of the molecule is CSC[C@@H]1C[C@H]1CN. The van der Waals surface area contributed by atoms with Crippen molar-refractivity contribution in [2.24, 2.45) is 17.6 Å². The molecule has 0 aliphatic heterocycles. The molecule has 1 aliphatic rings. The summed E-state index contributed by atoms with van der Waals surface area (Å²) < 4.78 is 0. The van der Waals surface area contributed by atoms with Gasteiger partial charge in [-0.05, 0) is 36.8 Å². The fraction of sp³-hybridized carbons (Fsp3) is 1.00. The van der Waals surface area contributed by atoms with E-state index in [1.54, 1.807) is 0 Å². The van der Waals surface area contributed by atoms with Crippen LogP contribution < -0.4 is 5.73 Å². The molecule has 2 atom stereocenters. The van der Waals surface area contributed by atoms with E-state index in [4.69, 9.17) is 5.73 Å². The molecule has 0 amide bonds. The van der Waals surface area contributed by atoms with Crippen molar-refractivity contribution in [3.63, 3.8) is 0 Å². The van der Waals surface area contributed by atoms with Gasteiger partial charge in [-0.1, -0.05) is 0 Å². The van der Waals surface area contributed by atoms with Gasteiger partial charge in [0, 0.05) is 0 Å². The Labute approximate surface area is 55.0 Å². The van der Waals surface area contributed by atoms with Crippen molar-refractivity contribution in [3.05, 3.63) is 0 Å². The minimum absolute atomic E-state index is 0.877. The van der Waals surface area contributed by atoms with Crippen LogP contribution in [0.15, 0.2) is 0 Å². The first-order valence-electron chi connectivity index (χ1n) is 3.07. The molecule has 0 unspecified atom stereocenters. The van der Waals surface area contributed by atoms with E-state index in [2.05, 4.69) is 6.26 Å². The molecule has 0 bridgehead atoms. The Morgan fingerprint density at radius 1 is 1.62 bits per heavy atom. The first-order valence-corrected chi connectivity index (χ1v) is 4.47. The smallest absolute Gasteiger partial charge is 0.00387 e. The third kappa shape index (κ3) is 1.39. The standard InChI is InChI=1S/C6H13NS/c1-8-4-6-2-5(6)3-7/h5-6H,2-4,7H2,1H3/t5-,6-/m0/s1. The molecule has 0 aromatic carbocycles. The molecular weight excluding hydrogens is 118 g/mol. The van der Waals surface area contributed by atoms with Gasteiger partial charge in [-0.25, -0.2) is 0 Å². The summed E-state index contributed by atoms with van der Waals surface area (Å²) in [5.74, 6) is 3.17. The number of hydrogen-bond donors (Lipinski definition) is 1. The van der Waals surface area contributed by atoms with Gasteiger partial charge in [0.05, 0.1) is 0 Å². The first kappa shape index (κ1) is 6.43. The second-order valence-corrected chi connectivity index (χ2v) is 3.36. The topological polar surface area (TPSA) is 26.0 Å². The normalized spacial score (nSPS) is 35.2. The van der Waals surface area contributed by atoms with Crippen LogP contribution in [0.1, 0.15) is 6.42 Å². The molecule has 0 aromatic rings. The lowest BCUT2D eigenvalue weighted by Crippen LogP contribution is -2.02. The van der Waals surface area contributed by atoms with E-state index in [1.807, 2.05) is 11.8 Å². The van der Waals surface area contributed by atoms with Gasteiger partial charge in [0.25, 0.3) is 0 Å². The minimum atomic E-state index is 0.877. The highest BCUT2D eigenvalue weighted by molar-refractivity contribution is 7.98. The third-order valence-electron chi connectivity index (χ3n) is 1.75. The van der Waals surface area contributed by atoms with Gasteiger partial charge in [0.15, 0.2) is 0 Å². The number of rotatable bonds is 3. The zero-order valence-corrected chi connectivity index (χ0v) is 6.08. The van der Waals surface area contributed by atoms with E-state index in [0.717, 1.165) is 18.4 Å². The molecule has 0 heterocycles. The van der Waals surface area contributed by atoms with E-state index in [1.165, 1.54) is 12.2 Å². The van der Waals surface area contributed by atoms with Crippen molar-refractivity contribution in [2.45, 2.75) is 6.42 Å². The molecule has 8 heavy (non-hydrogen) atoms. The highest BCUT2D eigenvalue weighted by Gasteiger charge is 2.34. The molecule has 0 radical (unpaired) electrons. The number of hydrogen-bond acceptors (Lipinski definition) is 2. The highest BCUT2D eigenvalue weighted by Crippen LogP contribution is 2.39. The second kappa shape index (κ2) is 2.74. The summed E-state index contributed by atoms with van der Waals surface area (Å²) in [6, 6.07) is 0. The molecule has 48 valence electrons. The van der Waals surface area contributed by atoms with Gasteiger partial charge < -0.3 is 5.73 Å². The van der Waals surface area contributed by atoms with E-state index >= 15 is 0 Å². The highest BCUT2D eigenvalue weighted by atomic mass is 32.2. The largest absolute Gasteiger partial charge is 0.330 e. The van der Waals surface area contributed by atoms with E-state index < -0.39 is 0 Å². The molecule has 1 aliphatic carbocycles. The van der Waals surface area contributed by atoms with Crippen LogP contribution in [0.25, 0.3) is 0 Å². The van der Waals surface area contributed by atoms with Crippen LogP contribution in [0.2, 0.25) is 0 Å². The Kier molecular flexibility index (Phi) is 2.20. The van der Waals surface area contributed by atoms with Gasteiger partial charge in [-0.15, -0.1) is 0 Å². The summed E-state index contributed by atoms with van der Waals surface area (Å²) in [6.07, 6.45) is 3.54. The summed E-state index contributed by atoms with van der Waals surface area (Å²) in [5.41, 5.74) is 5.45. The summed E-state index contributed by atoms with van der Waals surface area (Å²) in [6.45, 7) is 0.908. The number of thioether (sulfide) groups is 1. The van der Waals surface area contributed by atoms with Crippen molar-refractivity contribution < 1.29 is 0 Å². The van der Waals surface area contributed by atoms with Gasteiger partial charge in [0.2, 0.25) is 0 Å². The van der Waals surface area contributed by atoms with E-state index in [-0.39, 0.29) is 0 Å². The maximum atomic E-state index is 5.45. The van der Waals surface area contributed by atoms with Crippen molar-refractivity contribution in [2.75, 3.05) is 18.6 Å². The fourth-order valence-electron chi connectivity index (χ4n) is 1.02.